The van der Waals surface area contributed by atoms with E-state index in [4.69, 9.17) is 4.52 Å². The maximum Gasteiger partial charge on any atom is 0.273 e. The number of amides is 1. The summed E-state index contributed by atoms with van der Waals surface area (Å²) in [5, 5.41) is 16.0. The van der Waals surface area contributed by atoms with Crippen molar-refractivity contribution < 1.29 is 14.4 Å². The molecule has 0 aliphatic rings. The van der Waals surface area contributed by atoms with Crippen molar-refractivity contribution in [3.05, 3.63) is 17.5 Å². The maximum absolute atomic E-state index is 11.6. The highest BCUT2D eigenvalue weighted by Crippen LogP contribution is 2.09. The largest absolute Gasteiger partial charge is 0.387 e. The van der Waals surface area contributed by atoms with E-state index in [1.807, 2.05) is 6.26 Å². The fourth-order valence-corrected chi connectivity index (χ4v) is 1.92. The van der Waals surface area contributed by atoms with Gasteiger partial charge in [0.25, 0.3) is 5.91 Å². The lowest BCUT2D eigenvalue weighted by atomic mass is 10.1. The minimum absolute atomic E-state index is 0.193. The Morgan fingerprint density at radius 2 is 2.44 bits per heavy atom. The van der Waals surface area contributed by atoms with Gasteiger partial charge in [-0.25, -0.2) is 0 Å². The van der Waals surface area contributed by atoms with Gasteiger partial charge in [0.15, 0.2) is 5.69 Å². The van der Waals surface area contributed by atoms with Gasteiger partial charge in [-0.15, -0.1) is 0 Å². The third kappa shape index (κ3) is 3.86. The van der Waals surface area contributed by atoms with Crippen LogP contribution in [0.2, 0.25) is 0 Å². The molecular weight excluding hydrogens is 228 g/mol. The van der Waals surface area contributed by atoms with Crippen molar-refractivity contribution in [2.75, 3.05) is 18.6 Å². The number of nitrogens with one attached hydrogen (secondary N) is 1. The van der Waals surface area contributed by atoms with Gasteiger partial charge in [0, 0.05) is 18.4 Å². The summed E-state index contributed by atoms with van der Waals surface area (Å²) in [6, 6.07) is 1.55. The normalized spacial score (nSPS) is 14.5. The monoisotopic (exact) mass is 244 g/mol. The van der Waals surface area contributed by atoms with Crippen LogP contribution in [0.5, 0.6) is 0 Å². The molecule has 1 atom stereocenters. The number of carbonyl (C=O) groups is 1. The van der Waals surface area contributed by atoms with Crippen molar-refractivity contribution in [2.45, 2.75) is 19.4 Å². The molecule has 0 aliphatic heterocycles. The van der Waals surface area contributed by atoms with Crippen LogP contribution in [-0.4, -0.2) is 40.3 Å². The molecule has 0 bridgehead atoms. The summed E-state index contributed by atoms with van der Waals surface area (Å²) in [5.74, 6) is 0.810. The topological polar surface area (TPSA) is 75.4 Å². The quantitative estimate of drug-likeness (QED) is 0.802. The molecule has 90 valence electrons. The molecule has 1 unspecified atom stereocenters. The number of aryl methyl sites for hydroxylation is 1. The lowest BCUT2D eigenvalue weighted by molar-refractivity contribution is 0.0720. The van der Waals surface area contributed by atoms with Gasteiger partial charge in [0.2, 0.25) is 0 Å². The minimum Gasteiger partial charge on any atom is -0.387 e. The van der Waals surface area contributed by atoms with E-state index < -0.39 is 5.60 Å². The highest BCUT2D eigenvalue weighted by molar-refractivity contribution is 7.98. The van der Waals surface area contributed by atoms with Crippen LogP contribution < -0.4 is 5.32 Å². The van der Waals surface area contributed by atoms with Crippen LogP contribution in [0.1, 0.15) is 23.2 Å². The SMILES string of the molecule is CSCC(C)(O)CNC(=O)c1cc(C)on1. The predicted octanol–water partition coefficient (Wildman–Crippen LogP) is 0.827. The third-order valence-electron chi connectivity index (χ3n) is 1.95. The summed E-state index contributed by atoms with van der Waals surface area (Å²) in [6.45, 7) is 3.59. The fraction of sp³-hybridized carbons (Fsp3) is 0.600. The van der Waals surface area contributed by atoms with Gasteiger partial charge in [-0.05, 0) is 20.1 Å². The zero-order valence-electron chi connectivity index (χ0n) is 9.61. The highest BCUT2D eigenvalue weighted by atomic mass is 32.2. The van der Waals surface area contributed by atoms with Crippen LogP contribution in [0.15, 0.2) is 10.6 Å². The number of hydrogen-bond acceptors (Lipinski definition) is 5. The van der Waals surface area contributed by atoms with Crippen LogP contribution in [0.25, 0.3) is 0 Å². The lowest BCUT2D eigenvalue weighted by Crippen LogP contribution is -2.42. The molecular formula is C10H16N2O3S. The van der Waals surface area contributed by atoms with Crippen molar-refractivity contribution in [1.29, 1.82) is 0 Å². The number of nitrogens with zero attached hydrogens (tertiary/aromatic N) is 1. The second kappa shape index (κ2) is 5.36. The van der Waals surface area contributed by atoms with Crippen LogP contribution in [0.3, 0.4) is 0 Å². The Hall–Kier alpha value is -1.01. The fourth-order valence-electron chi connectivity index (χ4n) is 1.20. The molecule has 1 heterocycles. The molecule has 1 aromatic rings. The second-order valence-electron chi connectivity index (χ2n) is 3.94. The van der Waals surface area contributed by atoms with Gasteiger partial charge in [-0.1, -0.05) is 5.16 Å². The zero-order valence-corrected chi connectivity index (χ0v) is 10.4. The van der Waals surface area contributed by atoms with Gasteiger partial charge < -0.3 is 14.9 Å². The molecule has 1 amide bonds. The summed E-state index contributed by atoms with van der Waals surface area (Å²) in [4.78, 5) is 11.6. The molecule has 1 rings (SSSR count). The van der Waals surface area contributed by atoms with E-state index in [1.165, 1.54) is 11.8 Å². The molecule has 0 fully saturated rings. The van der Waals surface area contributed by atoms with E-state index in [0.717, 1.165) is 0 Å². The summed E-state index contributed by atoms with van der Waals surface area (Å²) in [6.07, 6.45) is 1.90. The standard InChI is InChI=1S/C10H16N2O3S/c1-7-4-8(12-15-7)9(13)11-5-10(2,14)6-16-3/h4,14H,5-6H2,1-3H3,(H,11,13). The Kier molecular flexibility index (Phi) is 4.37. The van der Waals surface area contributed by atoms with Crippen molar-refractivity contribution in [2.24, 2.45) is 0 Å². The first-order chi connectivity index (χ1) is 7.44. The van der Waals surface area contributed by atoms with Crippen molar-refractivity contribution in [1.82, 2.24) is 10.5 Å². The van der Waals surface area contributed by atoms with Crippen molar-refractivity contribution in [3.63, 3.8) is 0 Å². The predicted molar refractivity (Wildman–Crippen MR) is 62.6 cm³/mol. The zero-order chi connectivity index (χ0) is 12.2. The number of aliphatic hydroxyl groups is 1. The van der Waals surface area contributed by atoms with Crippen molar-refractivity contribution in [3.8, 4) is 0 Å². The molecule has 0 aliphatic carbocycles. The van der Waals surface area contributed by atoms with E-state index in [1.54, 1.807) is 19.9 Å². The van der Waals surface area contributed by atoms with Gasteiger partial charge in [0.1, 0.15) is 5.76 Å². The first kappa shape index (κ1) is 13.1. The maximum atomic E-state index is 11.6. The van der Waals surface area contributed by atoms with E-state index in [9.17, 15) is 9.90 Å². The summed E-state index contributed by atoms with van der Waals surface area (Å²) >= 11 is 1.52. The third-order valence-corrected chi connectivity index (χ3v) is 2.86. The highest BCUT2D eigenvalue weighted by Gasteiger charge is 2.21. The van der Waals surface area contributed by atoms with Gasteiger partial charge >= 0.3 is 0 Å². The summed E-state index contributed by atoms with van der Waals surface area (Å²) in [5.41, 5.74) is -0.675. The molecule has 1 aromatic heterocycles. The van der Waals surface area contributed by atoms with E-state index in [-0.39, 0.29) is 18.1 Å². The molecule has 0 saturated carbocycles. The van der Waals surface area contributed by atoms with Gasteiger partial charge in [-0.2, -0.15) is 11.8 Å². The molecule has 5 nitrogen and oxygen atoms in total. The Balaban J connectivity index is 2.47. The molecule has 0 saturated heterocycles. The Labute approximate surface area is 98.6 Å². The molecule has 16 heavy (non-hydrogen) atoms. The van der Waals surface area contributed by atoms with Crippen molar-refractivity contribution >= 4 is 17.7 Å². The average Bonchev–Trinajstić information content (AvgIpc) is 2.61. The second-order valence-corrected chi connectivity index (χ2v) is 4.80. The smallest absolute Gasteiger partial charge is 0.273 e. The lowest BCUT2D eigenvalue weighted by Gasteiger charge is -2.21. The Bertz CT molecular complexity index is 363. The Morgan fingerprint density at radius 3 is 2.94 bits per heavy atom. The number of aromatic nitrogens is 1. The summed E-state index contributed by atoms with van der Waals surface area (Å²) < 4.78 is 4.79. The van der Waals surface area contributed by atoms with Crippen LogP contribution in [0.4, 0.5) is 0 Å². The number of carbonyl (C=O) groups excluding carboxylic acids is 1. The van der Waals surface area contributed by atoms with Crippen LogP contribution >= 0.6 is 11.8 Å². The average molecular weight is 244 g/mol. The van der Waals surface area contributed by atoms with Crippen LogP contribution in [-0.2, 0) is 0 Å². The van der Waals surface area contributed by atoms with E-state index in [2.05, 4.69) is 10.5 Å². The summed E-state index contributed by atoms with van der Waals surface area (Å²) in [7, 11) is 0. The first-order valence-corrected chi connectivity index (χ1v) is 6.27. The molecule has 0 spiro atoms. The number of thioether (sulfide) groups is 1. The number of hydrogen-bond donors (Lipinski definition) is 2. The van der Waals surface area contributed by atoms with E-state index in [0.29, 0.717) is 11.5 Å². The molecule has 0 radical (unpaired) electrons. The number of rotatable bonds is 5. The van der Waals surface area contributed by atoms with Gasteiger partial charge in [0.05, 0.1) is 5.60 Å². The molecule has 6 heteroatoms. The van der Waals surface area contributed by atoms with Crippen LogP contribution in [0, 0.1) is 6.92 Å². The van der Waals surface area contributed by atoms with E-state index >= 15 is 0 Å². The molecule has 0 aromatic carbocycles. The van der Waals surface area contributed by atoms with Gasteiger partial charge in [-0.3, -0.25) is 4.79 Å². The Morgan fingerprint density at radius 1 is 1.75 bits per heavy atom. The first-order valence-electron chi connectivity index (χ1n) is 4.87. The minimum atomic E-state index is -0.909. The molecule has 2 N–H and O–H groups in total.